The molecule has 0 radical (unpaired) electrons. The van der Waals surface area contributed by atoms with E-state index >= 15 is 0 Å². The molecular formula is C32H39N5O2S2. The van der Waals surface area contributed by atoms with Crippen LogP contribution in [0, 0.1) is 6.92 Å². The van der Waals surface area contributed by atoms with Crippen molar-refractivity contribution >= 4 is 51.7 Å². The number of amides is 1. The number of benzene rings is 1. The third kappa shape index (κ3) is 6.90. The van der Waals surface area contributed by atoms with E-state index in [9.17, 15) is 9.59 Å². The van der Waals surface area contributed by atoms with Gasteiger partial charge in [-0.05, 0) is 36.6 Å². The summed E-state index contributed by atoms with van der Waals surface area (Å²) < 4.78 is 2.16. The first kappa shape index (κ1) is 29.5. The Morgan fingerprint density at radius 3 is 2.44 bits per heavy atom. The minimum Gasteiger partial charge on any atom is -0.353 e. The number of carbonyl (C=O) groups excluding carboxylic acids is 1. The Bertz CT molecular complexity index is 1480. The Morgan fingerprint density at radius 1 is 0.951 bits per heavy atom. The number of anilines is 1. The highest BCUT2D eigenvalue weighted by Gasteiger charge is 2.33. The zero-order chi connectivity index (χ0) is 28.8. The second-order valence-electron chi connectivity index (χ2n) is 10.9. The summed E-state index contributed by atoms with van der Waals surface area (Å²) in [7, 11) is 0. The third-order valence-electron chi connectivity index (χ3n) is 7.87. The van der Waals surface area contributed by atoms with Crippen molar-refractivity contribution in [3.8, 4) is 0 Å². The van der Waals surface area contributed by atoms with Crippen LogP contribution in [0.15, 0.2) is 58.4 Å². The first-order chi connectivity index (χ1) is 20.0. The van der Waals surface area contributed by atoms with Gasteiger partial charge in [0.15, 0.2) is 0 Å². The average Bonchev–Trinajstić information content (AvgIpc) is 3.25. The van der Waals surface area contributed by atoms with Crippen LogP contribution in [-0.2, 0) is 11.3 Å². The molecule has 0 spiro atoms. The molecule has 0 atom stereocenters. The first-order valence-corrected chi connectivity index (χ1v) is 16.0. The number of hydrogen-bond acceptors (Lipinski definition) is 7. The second kappa shape index (κ2) is 13.8. The van der Waals surface area contributed by atoms with E-state index in [0.29, 0.717) is 32.8 Å². The van der Waals surface area contributed by atoms with E-state index in [-0.39, 0.29) is 11.5 Å². The van der Waals surface area contributed by atoms with Crippen LogP contribution in [0.25, 0.3) is 11.7 Å². The molecule has 0 unspecified atom stereocenters. The summed E-state index contributed by atoms with van der Waals surface area (Å²) in [6.07, 6.45) is 10.4. The molecule has 0 aliphatic carbocycles. The number of thiocarbonyl (C=S) groups is 1. The highest BCUT2D eigenvalue weighted by molar-refractivity contribution is 8.26. The van der Waals surface area contributed by atoms with Gasteiger partial charge in [-0.25, -0.2) is 4.98 Å². The number of nitrogens with zero attached hydrogens (tertiary/aromatic N) is 5. The lowest BCUT2D eigenvalue weighted by molar-refractivity contribution is -0.122. The molecule has 9 heteroatoms. The number of carbonyl (C=O) groups is 1. The lowest BCUT2D eigenvalue weighted by atomic mass is 10.1. The zero-order valence-corrected chi connectivity index (χ0v) is 25.7. The number of aryl methyl sites for hydroxylation is 1. The van der Waals surface area contributed by atoms with E-state index in [2.05, 4.69) is 41.0 Å². The van der Waals surface area contributed by atoms with E-state index < -0.39 is 0 Å². The van der Waals surface area contributed by atoms with Gasteiger partial charge in [0.2, 0.25) is 0 Å². The normalized spacial score (nSPS) is 17.4. The molecule has 5 rings (SSSR count). The Hall–Kier alpha value is -3.01. The lowest BCUT2D eigenvalue weighted by Crippen LogP contribution is -2.47. The van der Waals surface area contributed by atoms with Gasteiger partial charge in [0.05, 0.1) is 10.5 Å². The highest BCUT2D eigenvalue weighted by Crippen LogP contribution is 2.34. The van der Waals surface area contributed by atoms with Crippen molar-refractivity contribution in [2.24, 2.45) is 0 Å². The van der Waals surface area contributed by atoms with E-state index in [1.807, 2.05) is 25.1 Å². The minimum atomic E-state index is -0.165. The molecule has 0 N–H and O–H groups in total. The zero-order valence-electron chi connectivity index (χ0n) is 24.1. The topological polar surface area (TPSA) is 61.2 Å². The Kier molecular flexibility index (Phi) is 9.90. The minimum absolute atomic E-state index is 0.110. The van der Waals surface area contributed by atoms with Crippen molar-refractivity contribution < 1.29 is 4.79 Å². The maximum atomic E-state index is 13.9. The molecule has 2 aliphatic rings. The summed E-state index contributed by atoms with van der Waals surface area (Å²) in [4.78, 5) is 39.1. The van der Waals surface area contributed by atoms with Crippen molar-refractivity contribution in [3.05, 3.63) is 80.6 Å². The van der Waals surface area contributed by atoms with Crippen LogP contribution >= 0.6 is 24.0 Å². The summed E-state index contributed by atoms with van der Waals surface area (Å²) in [5.74, 6) is 0.533. The van der Waals surface area contributed by atoms with E-state index in [4.69, 9.17) is 17.2 Å². The predicted molar refractivity (Wildman–Crippen MR) is 173 cm³/mol. The monoisotopic (exact) mass is 589 g/mol. The number of thioether (sulfide) groups is 1. The third-order valence-corrected chi connectivity index (χ3v) is 9.25. The molecule has 0 saturated carbocycles. The molecule has 1 amide bonds. The number of aromatic nitrogens is 2. The van der Waals surface area contributed by atoms with Crippen LogP contribution in [0.2, 0.25) is 0 Å². The Morgan fingerprint density at radius 2 is 1.68 bits per heavy atom. The summed E-state index contributed by atoms with van der Waals surface area (Å²) in [5.41, 5.74) is 3.16. The van der Waals surface area contributed by atoms with E-state index in [1.165, 1.54) is 43.0 Å². The molecule has 2 aromatic heterocycles. The van der Waals surface area contributed by atoms with Crippen molar-refractivity contribution in [2.45, 2.75) is 58.9 Å². The van der Waals surface area contributed by atoms with Gasteiger partial charge in [-0.1, -0.05) is 99.4 Å². The largest absolute Gasteiger partial charge is 0.353 e. The molecule has 2 aliphatic heterocycles. The standard InChI is InChI=1S/C32H39N5O2S2/c1-3-4-5-6-7-11-16-37-31(39)27(41-32(37)40)22-26-29(33-28-24(2)13-12-17-36(28)30(26)38)35-20-18-34(19-21-35)23-25-14-9-8-10-15-25/h8-10,12-15,17,22H,3-7,11,16,18-21,23H2,1-2H3. The number of rotatable bonds is 11. The Balaban J connectivity index is 1.38. The van der Waals surface area contributed by atoms with Gasteiger partial charge < -0.3 is 4.90 Å². The number of piperazine rings is 1. The van der Waals surface area contributed by atoms with Gasteiger partial charge in [0.1, 0.15) is 15.8 Å². The molecule has 7 nitrogen and oxygen atoms in total. The Labute approximate surface area is 252 Å². The number of pyridine rings is 1. The highest BCUT2D eigenvalue weighted by atomic mass is 32.2. The summed E-state index contributed by atoms with van der Waals surface area (Å²) in [5, 5.41) is 0. The maximum absolute atomic E-state index is 13.9. The second-order valence-corrected chi connectivity index (χ2v) is 12.6. The average molecular weight is 590 g/mol. The summed E-state index contributed by atoms with van der Waals surface area (Å²) >= 11 is 6.88. The lowest BCUT2D eigenvalue weighted by Gasteiger charge is -2.36. The summed E-state index contributed by atoms with van der Waals surface area (Å²) in [6, 6.07) is 14.3. The molecule has 2 fully saturated rings. The molecule has 1 aromatic carbocycles. The van der Waals surface area contributed by atoms with Gasteiger partial charge in [0, 0.05) is 45.5 Å². The fraction of sp³-hybridized carbons (Fsp3) is 0.438. The van der Waals surface area contributed by atoms with Crippen LogP contribution < -0.4 is 10.5 Å². The molecule has 2 saturated heterocycles. The summed E-state index contributed by atoms with van der Waals surface area (Å²) in [6.45, 7) is 8.93. The number of unbranched alkanes of at least 4 members (excludes halogenated alkanes) is 5. The number of fused-ring (bicyclic) bond motifs is 1. The van der Waals surface area contributed by atoms with Crippen LogP contribution in [0.4, 0.5) is 5.82 Å². The molecule has 216 valence electrons. The maximum Gasteiger partial charge on any atom is 0.267 e. The first-order valence-electron chi connectivity index (χ1n) is 14.7. The van der Waals surface area contributed by atoms with E-state index in [1.54, 1.807) is 21.6 Å². The molecule has 3 aromatic rings. The van der Waals surface area contributed by atoms with Gasteiger partial charge in [-0.3, -0.25) is 23.8 Å². The quantitative estimate of drug-likeness (QED) is 0.157. The van der Waals surface area contributed by atoms with Crippen LogP contribution in [0.1, 0.15) is 62.1 Å². The van der Waals surface area contributed by atoms with Gasteiger partial charge in [-0.2, -0.15) is 0 Å². The van der Waals surface area contributed by atoms with Crippen molar-refractivity contribution in [3.63, 3.8) is 0 Å². The van der Waals surface area contributed by atoms with Crippen molar-refractivity contribution in [1.29, 1.82) is 0 Å². The van der Waals surface area contributed by atoms with E-state index in [0.717, 1.165) is 51.1 Å². The SMILES string of the molecule is CCCCCCCCN1C(=O)C(=Cc2c(N3CCN(Cc4ccccc4)CC3)nc3c(C)cccn3c2=O)SC1=S. The van der Waals surface area contributed by atoms with Gasteiger partial charge in [0.25, 0.3) is 11.5 Å². The molecular weight excluding hydrogens is 551 g/mol. The van der Waals surface area contributed by atoms with Crippen LogP contribution in [-0.4, -0.2) is 62.1 Å². The van der Waals surface area contributed by atoms with Crippen LogP contribution in [0.5, 0.6) is 0 Å². The number of hydrogen-bond donors (Lipinski definition) is 0. The fourth-order valence-corrected chi connectivity index (χ4v) is 6.79. The molecule has 4 heterocycles. The predicted octanol–water partition coefficient (Wildman–Crippen LogP) is 5.89. The smallest absolute Gasteiger partial charge is 0.267 e. The van der Waals surface area contributed by atoms with Gasteiger partial charge in [-0.15, -0.1) is 0 Å². The van der Waals surface area contributed by atoms with Crippen LogP contribution in [0.3, 0.4) is 0 Å². The van der Waals surface area contributed by atoms with Crippen molar-refractivity contribution in [1.82, 2.24) is 19.2 Å². The fourth-order valence-electron chi connectivity index (χ4n) is 5.50. The molecule has 41 heavy (non-hydrogen) atoms. The van der Waals surface area contributed by atoms with Gasteiger partial charge >= 0.3 is 0 Å². The van der Waals surface area contributed by atoms with Crippen molar-refractivity contribution in [2.75, 3.05) is 37.6 Å². The molecule has 0 bridgehead atoms.